The zero-order valence-corrected chi connectivity index (χ0v) is 15.4. The van der Waals surface area contributed by atoms with Gasteiger partial charge in [0.15, 0.2) is 0 Å². The van der Waals surface area contributed by atoms with E-state index < -0.39 is 0 Å². The third kappa shape index (κ3) is 1.63. The Morgan fingerprint density at radius 2 is 0.962 bits per heavy atom. The van der Waals surface area contributed by atoms with Gasteiger partial charge in [-0.05, 0) is 45.5 Å². The van der Waals surface area contributed by atoms with Crippen molar-refractivity contribution in [3.05, 3.63) is 82.4 Å². The molecule has 0 heterocycles. The monoisotopic (exact) mass is 346 g/mol. The Bertz CT molecular complexity index is 1010. The molecule has 0 nitrogen and oxygen atoms in total. The third-order valence-corrected chi connectivity index (χ3v) is 6.37. The molecule has 0 spiro atoms. The molecule has 3 aromatic carbocycles. The van der Waals surface area contributed by atoms with Crippen LogP contribution in [0.4, 0.5) is 8.78 Å². The Kier molecular flexibility index (Phi) is 2.80. The van der Waals surface area contributed by atoms with Crippen molar-refractivity contribution < 1.29 is 8.78 Å². The first-order chi connectivity index (χ1) is 12.3. The Hall–Kier alpha value is -2.48. The molecule has 0 bridgehead atoms. The van der Waals surface area contributed by atoms with Crippen LogP contribution in [0.5, 0.6) is 0 Å². The summed E-state index contributed by atoms with van der Waals surface area (Å²) in [6.07, 6.45) is 0. The lowest BCUT2D eigenvalue weighted by atomic mass is 9.72. The molecule has 0 N–H and O–H groups in total. The van der Waals surface area contributed by atoms with Crippen LogP contribution in [0.1, 0.15) is 49.9 Å². The van der Waals surface area contributed by atoms with Crippen LogP contribution in [0.2, 0.25) is 0 Å². The maximum atomic E-state index is 14.7. The van der Waals surface area contributed by atoms with Crippen LogP contribution in [0, 0.1) is 11.6 Å². The minimum Gasteiger partial charge on any atom is -0.206 e. The molecule has 2 aliphatic carbocycles. The van der Waals surface area contributed by atoms with Gasteiger partial charge in [-0.25, -0.2) is 8.78 Å². The van der Waals surface area contributed by atoms with Crippen molar-refractivity contribution in [2.75, 3.05) is 0 Å². The highest BCUT2D eigenvalue weighted by Gasteiger charge is 2.46. The Morgan fingerprint density at radius 1 is 0.577 bits per heavy atom. The van der Waals surface area contributed by atoms with Crippen LogP contribution in [0.3, 0.4) is 0 Å². The van der Waals surface area contributed by atoms with E-state index in [1.165, 1.54) is 12.1 Å². The van der Waals surface area contributed by atoms with E-state index in [2.05, 4.69) is 27.7 Å². The molecule has 130 valence electrons. The molecule has 0 fully saturated rings. The maximum Gasteiger partial charge on any atom is 0.131 e. The highest BCUT2D eigenvalue weighted by Crippen LogP contribution is 2.59. The molecule has 26 heavy (non-hydrogen) atoms. The molecule has 0 aromatic heterocycles. The summed E-state index contributed by atoms with van der Waals surface area (Å²) in [5.41, 5.74) is 6.92. The number of benzene rings is 3. The summed E-state index contributed by atoms with van der Waals surface area (Å²) in [6, 6.07) is 14.6. The SMILES string of the molecule is CC1(C)c2cccc(F)c2-c2ccc3c(c21)C(C)(C)c1cccc(F)c1-3. The molecular weight excluding hydrogens is 326 g/mol. The predicted molar refractivity (Wildman–Crippen MR) is 101 cm³/mol. The molecule has 0 aliphatic heterocycles. The summed E-state index contributed by atoms with van der Waals surface area (Å²) >= 11 is 0. The first kappa shape index (κ1) is 15.7. The van der Waals surface area contributed by atoms with Crippen molar-refractivity contribution in [3.63, 3.8) is 0 Å². The molecule has 2 aliphatic rings. The molecule has 0 atom stereocenters. The van der Waals surface area contributed by atoms with Gasteiger partial charge < -0.3 is 0 Å². The second kappa shape index (κ2) is 4.62. The van der Waals surface area contributed by atoms with Crippen molar-refractivity contribution >= 4 is 0 Å². The standard InChI is InChI=1S/C24H20F2/c1-23(2)15-7-5-9-17(25)19(15)13-11-12-14-20-16(8-6-10-18(20)26)24(3,4)22(14)21(13)23/h5-12H,1-4H3. The molecular formula is C24H20F2. The molecule has 0 amide bonds. The molecule has 3 aromatic rings. The fraction of sp³-hybridized carbons (Fsp3) is 0.250. The number of fused-ring (bicyclic) bond motifs is 7. The van der Waals surface area contributed by atoms with Gasteiger partial charge in [0.25, 0.3) is 0 Å². The van der Waals surface area contributed by atoms with Gasteiger partial charge >= 0.3 is 0 Å². The summed E-state index contributed by atoms with van der Waals surface area (Å²) in [4.78, 5) is 0. The number of halogens is 2. The van der Waals surface area contributed by atoms with E-state index in [0.29, 0.717) is 11.1 Å². The van der Waals surface area contributed by atoms with Crippen molar-refractivity contribution in [2.45, 2.75) is 38.5 Å². The summed E-state index contributed by atoms with van der Waals surface area (Å²) in [6.45, 7) is 8.58. The maximum absolute atomic E-state index is 14.7. The minimum atomic E-state index is -0.325. The largest absolute Gasteiger partial charge is 0.206 e. The van der Waals surface area contributed by atoms with Crippen molar-refractivity contribution in [1.29, 1.82) is 0 Å². The van der Waals surface area contributed by atoms with Crippen LogP contribution < -0.4 is 0 Å². The van der Waals surface area contributed by atoms with Gasteiger partial charge in [-0.15, -0.1) is 0 Å². The second-order valence-corrected chi connectivity index (χ2v) is 8.49. The van der Waals surface area contributed by atoms with E-state index in [0.717, 1.165) is 33.4 Å². The summed E-state index contributed by atoms with van der Waals surface area (Å²) < 4.78 is 29.4. The zero-order valence-electron chi connectivity index (χ0n) is 15.4. The Labute approximate surface area is 152 Å². The topological polar surface area (TPSA) is 0 Å². The first-order valence-corrected chi connectivity index (χ1v) is 9.03. The molecule has 0 saturated heterocycles. The average molecular weight is 346 g/mol. The number of hydrogen-bond acceptors (Lipinski definition) is 0. The highest BCUT2D eigenvalue weighted by molar-refractivity contribution is 5.91. The smallest absolute Gasteiger partial charge is 0.131 e. The summed E-state index contributed by atoms with van der Waals surface area (Å²) in [7, 11) is 0. The van der Waals surface area contributed by atoms with E-state index in [1.54, 1.807) is 12.1 Å². The Morgan fingerprint density at radius 3 is 1.35 bits per heavy atom. The third-order valence-electron chi connectivity index (χ3n) is 6.37. The lowest BCUT2D eigenvalue weighted by molar-refractivity contribution is 0.593. The fourth-order valence-corrected chi connectivity index (χ4v) is 5.22. The summed E-state index contributed by atoms with van der Waals surface area (Å²) in [5.74, 6) is -0.373. The van der Waals surface area contributed by atoms with Crippen LogP contribution in [0.15, 0.2) is 48.5 Å². The lowest BCUT2D eigenvalue weighted by Crippen LogP contribution is -2.24. The van der Waals surface area contributed by atoms with Crippen LogP contribution in [-0.2, 0) is 10.8 Å². The van der Waals surface area contributed by atoms with Gasteiger partial charge in [0.2, 0.25) is 0 Å². The van der Waals surface area contributed by atoms with Crippen LogP contribution in [-0.4, -0.2) is 0 Å². The summed E-state index contributed by atoms with van der Waals surface area (Å²) in [5, 5.41) is 0. The van der Waals surface area contributed by atoms with Gasteiger partial charge in [-0.1, -0.05) is 64.1 Å². The van der Waals surface area contributed by atoms with E-state index in [1.807, 2.05) is 24.3 Å². The average Bonchev–Trinajstić information content (AvgIpc) is 2.96. The zero-order chi connectivity index (χ0) is 18.4. The van der Waals surface area contributed by atoms with E-state index >= 15 is 0 Å². The van der Waals surface area contributed by atoms with Crippen molar-refractivity contribution in [2.24, 2.45) is 0 Å². The van der Waals surface area contributed by atoms with Gasteiger partial charge in [0, 0.05) is 22.0 Å². The van der Waals surface area contributed by atoms with Gasteiger partial charge in [0.05, 0.1) is 0 Å². The predicted octanol–water partition coefficient (Wildman–Crippen LogP) is 6.58. The first-order valence-electron chi connectivity index (χ1n) is 9.03. The Balaban J connectivity index is 1.94. The van der Waals surface area contributed by atoms with E-state index in [9.17, 15) is 8.78 Å². The second-order valence-electron chi connectivity index (χ2n) is 8.49. The highest BCUT2D eigenvalue weighted by atomic mass is 19.1. The van der Waals surface area contributed by atoms with Crippen LogP contribution >= 0.6 is 0 Å². The normalized spacial score (nSPS) is 17.5. The lowest BCUT2D eigenvalue weighted by Gasteiger charge is -2.30. The van der Waals surface area contributed by atoms with E-state index in [-0.39, 0.29) is 22.5 Å². The van der Waals surface area contributed by atoms with Gasteiger partial charge in [-0.3, -0.25) is 0 Å². The van der Waals surface area contributed by atoms with Crippen molar-refractivity contribution in [1.82, 2.24) is 0 Å². The van der Waals surface area contributed by atoms with Crippen molar-refractivity contribution in [3.8, 4) is 22.3 Å². The minimum absolute atomic E-state index is 0.186. The van der Waals surface area contributed by atoms with E-state index in [4.69, 9.17) is 0 Å². The molecule has 0 radical (unpaired) electrons. The molecule has 0 saturated carbocycles. The van der Waals surface area contributed by atoms with Gasteiger partial charge in [-0.2, -0.15) is 0 Å². The number of hydrogen-bond donors (Lipinski definition) is 0. The molecule has 5 rings (SSSR count). The fourth-order valence-electron chi connectivity index (χ4n) is 5.22. The number of rotatable bonds is 0. The van der Waals surface area contributed by atoms with Crippen LogP contribution in [0.25, 0.3) is 22.3 Å². The quantitative estimate of drug-likeness (QED) is 0.431. The molecule has 0 unspecified atom stereocenters. The molecule has 2 heteroatoms. The van der Waals surface area contributed by atoms with Gasteiger partial charge in [0.1, 0.15) is 11.6 Å².